The molecule has 1 aliphatic heterocycles. The minimum Gasteiger partial charge on any atom is -0.307 e. The first-order valence-corrected chi connectivity index (χ1v) is 10.3. The van der Waals surface area contributed by atoms with Gasteiger partial charge in [-0.05, 0) is 42.5 Å². The van der Waals surface area contributed by atoms with Crippen LogP contribution in [0.1, 0.15) is 68.1 Å². The Hall–Kier alpha value is -2.53. The van der Waals surface area contributed by atoms with Gasteiger partial charge in [-0.1, -0.05) is 74.3 Å². The molecule has 2 aromatic rings. The van der Waals surface area contributed by atoms with Gasteiger partial charge in [-0.25, -0.2) is 0 Å². The first kappa shape index (κ1) is 17.9. The summed E-state index contributed by atoms with van der Waals surface area (Å²) in [5, 5.41) is 0. The number of rotatable bonds is 2. The lowest BCUT2D eigenvalue weighted by Gasteiger charge is -2.28. The second-order valence-electron chi connectivity index (χ2n) is 7.82. The van der Waals surface area contributed by atoms with Crippen LogP contribution < -0.4 is 4.90 Å². The summed E-state index contributed by atoms with van der Waals surface area (Å²) in [6.45, 7) is 0.605. The third kappa shape index (κ3) is 4.25. The topological polar surface area (TPSA) is 20.3 Å². The van der Waals surface area contributed by atoms with Crippen molar-refractivity contribution >= 4 is 11.6 Å². The number of hydrogen-bond acceptors (Lipinski definition) is 1. The number of nitrogens with zero attached hydrogens (tertiary/aromatic N) is 1. The van der Waals surface area contributed by atoms with E-state index in [1.54, 1.807) is 0 Å². The van der Waals surface area contributed by atoms with Crippen LogP contribution in [0.15, 0.2) is 48.5 Å². The van der Waals surface area contributed by atoms with Crippen molar-refractivity contribution in [1.82, 2.24) is 0 Å². The Morgan fingerprint density at radius 2 is 1.48 bits per heavy atom. The van der Waals surface area contributed by atoms with Crippen LogP contribution >= 0.6 is 0 Å². The summed E-state index contributed by atoms with van der Waals surface area (Å²) in [7, 11) is 0. The van der Waals surface area contributed by atoms with Crippen LogP contribution in [0.3, 0.4) is 0 Å². The van der Waals surface area contributed by atoms with Crippen LogP contribution in [0, 0.1) is 17.8 Å². The van der Waals surface area contributed by atoms with Gasteiger partial charge in [0.25, 0.3) is 0 Å². The molecule has 138 valence electrons. The molecule has 0 radical (unpaired) electrons. The highest BCUT2D eigenvalue weighted by atomic mass is 16.2. The van der Waals surface area contributed by atoms with Gasteiger partial charge in [0, 0.05) is 17.5 Å². The van der Waals surface area contributed by atoms with Gasteiger partial charge < -0.3 is 4.90 Å². The highest BCUT2D eigenvalue weighted by molar-refractivity contribution is 5.95. The summed E-state index contributed by atoms with van der Waals surface area (Å²) in [4.78, 5) is 15.4. The summed E-state index contributed by atoms with van der Waals surface area (Å²) in [5.74, 6) is 7.34. The van der Waals surface area contributed by atoms with Crippen molar-refractivity contribution in [3.63, 3.8) is 0 Å². The molecule has 2 aliphatic rings. The Bertz CT molecular complexity index is 865. The molecular formula is C25H27NO. The predicted molar refractivity (Wildman–Crippen MR) is 110 cm³/mol. The molecule has 2 nitrogen and oxygen atoms in total. The average molecular weight is 357 g/mol. The Labute approximate surface area is 162 Å². The fourth-order valence-corrected chi connectivity index (χ4v) is 4.31. The van der Waals surface area contributed by atoms with Crippen molar-refractivity contribution in [1.29, 1.82) is 0 Å². The second kappa shape index (κ2) is 8.44. The van der Waals surface area contributed by atoms with Crippen LogP contribution in [0.25, 0.3) is 0 Å². The van der Waals surface area contributed by atoms with Crippen LogP contribution in [-0.4, -0.2) is 5.91 Å². The largest absolute Gasteiger partial charge is 0.307 e. The number of carbonyl (C=O) groups is 1. The number of hydrogen-bond donors (Lipinski definition) is 0. The molecule has 1 amide bonds. The standard InChI is InChI=1S/C25H27NO/c27-25(18-20-10-4-2-1-3-5-11-20)26-19-23-14-7-6-12-21(23)16-17-22-13-8-9-15-24(22)26/h6-9,12-15,20H,1-5,10-11,18-19H2. The lowest BCUT2D eigenvalue weighted by Crippen LogP contribution is -2.33. The fourth-order valence-electron chi connectivity index (χ4n) is 4.31. The quantitative estimate of drug-likeness (QED) is 0.633. The van der Waals surface area contributed by atoms with Crippen molar-refractivity contribution < 1.29 is 4.79 Å². The molecule has 4 rings (SSSR count). The molecule has 0 unspecified atom stereocenters. The molecule has 1 heterocycles. The van der Waals surface area contributed by atoms with E-state index >= 15 is 0 Å². The number of benzene rings is 2. The molecule has 1 aliphatic carbocycles. The first-order chi connectivity index (χ1) is 13.3. The number of amides is 1. The minimum atomic E-state index is 0.242. The summed E-state index contributed by atoms with van der Waals surface area (Å²) in [5.41, 5.74) is 4.05. The molecule has 2 heteroatoms. The Morgan fingerprint density at radius 3 is 2.30 bits per heavy atom. The van der Waals surface area contributed by atoms with Crippen molar-refractivity contribution in [2.24, 2.45) is 5.92 Å². The second-order valence-corrected chi connectivity index (χ2v) is 7.82. The van der Waals surface area contributed by atoms with E-state index in [1.807, 2.05) is 47.4 Å². The maximum atomic E-state index is 13.4. The molecule has 0 saturated heterocycles. The van der Waals surface area contributed by atoms with Crippen LogP contribution in [0.4, 0.5) is 5.69 Å². The summed E-state index contributed by atoms with van der Waals surface area (Å²) in [6.07, 6.45) is 9.57. The van der Waals surface area contributed by atoms with E-state index in [-0.39, 0.29) is 5.91 Å². The van der Waals surface area contributed by atoms with Crippen LogP contribution in [-0.2, 0) is 11.3 Å². The molecule has 0 bridgehead atoms. The van der Waals surface area contributed by atoms with E-state index in [1.165, 1.54) is 44.9 Å². The molecule has 0 aromatic heterocycles. The zero-order valence-electron chi connectivity index (χ0n) is 15.9. The van der Waals surface area contributed by atoms with E-state index in [9.17, 15) is 4.79 Å². The van der Waals surface area contributed by atoms with E-state index in [0.717, 1.165) is 22.4 Å². The summed E-state index contributed by atoms with van der Waals surface area (Å²) >= 11 is 0. The number of carbonyl (C=O) groups excluding carboxylic acids is 1. The molecule has 0 spiro atoms. The van der Waals surface area contributed by atoms with Crippen molar-refractivity contribution in [2.45, 2.75) is 57.9 Å². The number of anilines is 1. The summed E-state index contributed by atoms with van der Waals surface area (Å²) < 4.78 is 0. The molecule has 0 atom stereocenters. The summed E-state index contributed by atoms with van der Waals surface area (Å²) in [6, 6.07) is 16.2. The Balaban J connectivity index is 1.63. The molecule has 1 saturated carbocycles. The van der Waals surface area contributed by atoms with Crippen LogP contribution in [0.2, 0.25) is 0 Å². The van der Waals surface area contributed by atoms with E-state index < -0.39 is 0 Å². The Morgan fingerprint density at radius 1 is 0.852 bits per heavy atom. The fraction of sp³-hybridized carbons (Fsp3) is 0.400. The third-order valence-electron chi connectivity index (χ3n) is 5.86. The monoisotopic (exact) mass is 357 g/mol. The minimum absolute atomic E-state index is 0.242. The predicted octanol–water partition coefficient (Wildman–Crippen LogP) is 5.68. The van der Waals surface area contributed by atoms with Gasteiger partial charge in [-0.15, -0.1) is 0 Å². The first-order valence-electron chi connectivity index (χ1n) is 10.3. The maximum absolute atomic E-state index is 13.4. The lowest BCUT2D eigenvalue weighted by molar-refractivity contribution is -0.119. The van der Waals surface area contributed by atoms with Gasteiger partial charge in [0.05, 0.1) is 12.2 Å². The SMILES string of the molecule is O=C(CC1CCCCCCC1)N1Cc2ccccc2C#Cc2ccccc21. The Kier molecular flexibility index (Phi) is 5.58. The highest BCUT2D eigenvalue weighted by Crippen LogP contribution is 2.29. The van der Waals surface area contributed by atoms with E-state index in [4.69, 9.17) is 0 Å². The van der Waals surface area contributed by atoms with Gasteiger partial charge in [-0.3, -0.25) is 4.79 Å². The zero-order valence-corrected chi connectivity index (χ0v) is 15.9. The van der Waals surface area contributed by atoms with Crippen LogP contribution in [0.5, 0.6) is 0 Å². The normalized spacial score (nSPS) is 17.3. The maximum Gasteiger partial charge on any atom is 0.227 e. The number of fused-ring (bicyclic) bond motifs is 2. The molecule has 1 fully saturated rings. The smallest absolute Gasteiger partial charge is 0.227 e. The molecule has 2 aromatic carbocycles. The van der Waals surface area contributed by atoms with Gasteiger partial charge in [0.1, 0.15) is 0 Å². The van der Waals surface area contributed by atoms with Gasteiger partial charge >= 0.3 is 0 Å². The molecular weight excluding hydrogens is 330 g/mol. The van der Waals surface area contributed by atoms with E-state index in [2.05, 4.69) is 17.9 Å². The van der Waals surface area contributed by atoms with Gasteiger partial charge in [0.2, 0.25) is 5.91 Å². The van der Waals surface area contributed by atoms with Crippen molar-refractivity contribution in [2.75, 3.05) is 4.90 Å². The molecule has 27 heavy (non-hydrogen) atoms. The van der Waals surface area contributed by atoms with Gasteiger partial charge in [-0.2, -0.15) is 0 Å². The van der Waals surface area contributed by atoms with Gasteiger partial charge in [0.15, 0.2) is 0 Å². The van der Waals surface area contributed by atoms with E-state index in [0.29, 0.717) is 18.9 Å². The molecule has 0 N–H and O–H groups in total. The van der Waals surface area contributed by atoms with Crippen molar-refractivity contribution in [3.05, 3.63) is 65.2 Å². The highest BCUT2D eigenvalue weighted by Gasteiger charge is 2.24. The number of para-hydroxylation sites is 1. The van der Waals surface area contributed by atoms with Crippen molar-refractivity contribution in [3.8, 4) is 11.8 Å². The lowest BCUT2D eigenvalue weighted by atomic mass is 9.88. The third-order valence-corrected chi connectivity index (χ3v) is 5.86. The zero-order chi connectivity index (χ0) is 18.5. The average Bonchev–Trinajstić information content (AvgIpc) is 2.65.